The lowest BCUT2D eigenvalue weighted by atomic mass is 9.94. The topological polar surface area (TPSA) is 565 Å². The Morgan fingerprint density at radius 1 is 0.561 bits per heavy atom. The van der Waals surface area contributed by atoms with Crippen molar-refractivity contribution < 1.29 is 112 Å². The second kappa shape index (κ2) is 35.5. The van der Waals surface area contributed by atoms with E-state index in [9.17, 15) is 93.0 Å². The van der Waals surface area contributed by atoms with E-state index >= 15 is 0 Å². The van der Waals surface area contributed by atoms with Gasteiger partial charge in [-0.2, -0.15) is 0 Å². The number of nitrogens with two attached hydrogens (primary N) is 2. The summed E-state index contributed by atoms with van der Waals surface area (Å²) < 4.78 is 23.2. The van der Waals surface area contributed by atoms with Crippen LogP contribution in [0.1, 0.15) is 66.7 Å². The summed E-state index contributed by atoms with van der Waals surface area (Å²) in [4.78, 5) is 161. The largest absolute Gasteiger partial charge is 0.480 e. The number of carbonyl (C=O) groups is 13. The van der Waals surface area contributed by atoms with E-state index in [1.54, 1.807) is 0 Å². The summed E-state index contributed by atoms with van der Waals surface area (Å²) >= 11 is 0. The smallest absolute Gasteiger partial charge is 0.325 e. The van der Waals surface area contributed by atoms with Crippen molar-refractivity contribution in [3.05, 3.63) is 0 Å². The molecule has 2 heterocycles. The summed E-state index contributed by atoms with van der Waals surface area (Å²) in [6.45, 7) is 1.66. The van der Waals surface area contributed by atoms with E-state index in [4.69, 9.17) is 30.4 Å². The third-order valence-electron chi connectivity index (χ3n) is 12.2. The zero-order valence-corrected chi connectivity index (χ0v) is 45.6. The van der Waals surface area contributed by atoms with Crippen LogP contribution in [0.4, 0.5) is 0 Å². The minimum atomic E-state index is -1.91. The maximum atomic E-state index is 13.6. The van der Waals surface area contributed by atoms with Crippen molar-refractivity contribution in [2.75, 3.05) is 52.5 Å². The molecular formula is C46H77N13O23. The van der Waals surface area contributed by atoms with Crippen LogP contribution in [0.15, 0.2) is 0 Å². The fourth-order valence-corrected chi connectivity index (χ4v) is 7.72. The van der Waals surface area contributed by atoms with Crippen LogP contribution in [0.2, 0.25) is 0 Å². The lowest BCUT2D eigenvalue weighted by Gasteiger charge is -2.48. The molecule has 2 fully saturated rings. The number of nitrogens with one attached hydrogen (secondary N) is 11. The monoisotopic (exact) mass is 1180 g/mol. The van der Waals surface area contributed by atoms with Crippen molar-refractivity contribution in [2.45, 2.75) is 158 Å². The van der Waals surface area contributed by atoms with Crippen LogP contribution in [-0.4, -0.2) is 252 Å². The number of primary amides is 1. The maximum Gasteiger partial charge on any atom is 0.325 e. The van der Waals surface area contributed by atoms with Gasteiger partial charge in [-0.1, -0.05) is 0 Å². The van der Waals surface area contributed by atoms with E-state index in [0.717, 1.165) is 13.8 Å². The van der Waals surface area contributed by atoms with E-state index < -0.39 is 221 Å². The fraction of sp³-hybridized carbons (Fsp3) is 0.717. The van der Waals surface area contributed by atoms with Gasteiger partial charge in [-0.15, -0.1) is 0 Å². The molecule has 0 bridgehead atoms. The number of rotatable bonds is 34. The number of unbranched alkanes of at least 4 members (excludes halogenated alkanes) is 1. The summed E-state index contributed by atoms with van der Waals surface area (Å²) in [6.07, 6.45) is -15.8. The van der Waals surface area contributed by atoms with Crippen molar-refractivity contribution in [3.8, 4) is 0 Å². The molecule has 2 aliphatic heterocycles. The van der Waals surface area contributed by atoms with Crippen molar-refractivity contribution >= 4 is 76.9 Å². The first-order valence-corrected chi connectivity index (χ1v) is 25.7. The first-order chi connectivity index (χ1) is 38.5. The second-order valence-corrected chi connectivity index (χ2v) is 18.8. The number of aliphatic hydroxyl groups is 5. The summed E-state index contributed by atoms with van der Waals surface area (Å²) in [6, 6.07) is -8.84. The number of carboxylic acid groups (broad SMARTS) is 1. The first kappa shape index (κ1) is 70.8. The molecule has 0 aromatic rings. The molecule has 464 valence electrons. The third kappa shape index (κ3) is 24.4. The Bertz CT molecular complexity index is 2250. The molecule has 2 rings (SSSR count). The van der Waals surface area contributed by atoms with Gasteiger partial charge in [0.2, 0.25) is 70.9 Å². The van der Waals surface area contributed by atoms with Gasteiger partial charge in [0.1, 0.15) is 79.0 Å². The van der Waals surface area contributed by atoms with Crippen LogP contribution < -0.4 is 70.0 Å². The third-order valence-corrected chi connectivity index (χ3v) is 12.2. The lowest BCUT2D eigenvalue weighted by Crippen LogP contribution is -2.70. The standard InChI is InChI=1S/C46H77N13O23/c1-19(54-42(74)21(3)79-39-35(57-23(5)63)45(78)80-27(18-61)38(39)82-46-34(56-22(4)62)37(71)36(70)26(17-60)81-46)41(73)59-24(40(48)72)9-10-28(64)58-25(43(75)55-20(2)44(76)77)8-6-7-11-49-30(66)13-51-32(68)15-53-33(69)16-52-31(67)14-50-29(65)12-47/h19-21,24-27,34-39,45-46,60-61,70-71,78H,6-18,47H2,1-5H3,(H2,48,72)(H,49,66)(H,50,65)(H,51,68)(H,52,67)(H,53,69)(H,54,74)(H,55,75)(H,56,62)(H,57,63)(H,58,64)(H,59,73)(H,76,77). The molecule has 0 aromatic heterocycles. The van der Waals surface area contributed by atoms with Gasteiger partial charge < -0.3 is 120 Å². The minimum absolute atomic E-state index is 0.0142. The Balaban J connectivity index is 2.03. The van der Waals surface area contributed by atoms with Crippen molar-refractivity contribution in [2.24, 2.45) is 11.5 Å². The molecule has 0 aromatic carbocycles. The van der Waals surface area contributed by atoms with Crippen molar-refractivity contribution in [3.63, 3.8) is 0 Å². The van der Waals surface area contributed by atoms with E-state index in [2.05, 4.69) is 58.5 Å². The molecule has 12 amide bonds. The van der Waals surface area contributed by atoms with Crippen molar-refractivity contribution in [1.29, 1.82) is 0 Å². The molecule has 0 aliphatic carbocycles. The van der Waals surface area contributed by atoms with Gasteiger partial charge in [0.25, 0.3) is 0 Å². The number of hydrogen-bond donors (Lipinski definition) is 19. The zero-order valence-electron chi connectivity index (χ0n) is 45.6. The molecule has 36 nitrogen and oxygen atoms in total. The molecule has 15 atom stereocenters. The van der Waals surface area contributed by atoms with Crippen LogP contribution in [0.25, 0.3) is 0 Å². The Hall–Kier alpha value is -7.29. The van der Waals surface area contributed by atoms with Crippen LogP contribution in [-0.2, 0) is 81.3 Å². The highest BCUT2D eigenvalue weighted by Crippen LogP contribution is 2.31. The molecule has 2 saturated heterocycles. The molecule has 0 spiro atoms. The van der Waals surface area contributed by atoms with Gasteiger partial charge in [0.15, 0.2) is 12.6 Å². The Morgan fingerprint density at radius 3 is 1.60 bits per heavy atom. The molecule has 82 heavy (non-hydrogen) atoms. The normalized spacial score (nSPS) is 23.9. The number of carboxylic acids is 1. The van der Waals surface area contributed by atoms with Gasteiger partial charge in [0, 0.05) is 26.8 Å². The molecule has 0 saturated carbocycles. The molecular weight excluding hydrogens is 1100 g/mol. The second-order valence-electron chi connectivity index (χ2n) is 18.8. The van der Waals surface area contributed by atoms with Crippen LogP contribution in [0.3, 0.4) is 0 Å². The molecule has 21 N–H and O–H groups in total. The van der Waals surface area contributed by atoms with E-state index in [-0.39, 0.29) is 32.4 Å². The number of aliphatic carboxylic acids is 1. The van der Waals surface area contributed by atoms with Gasteiger partial charge in [0.05, 0.1) is 45.9 Å². The minimum Gasteiger partial charge on any atom is -0.480 e. The molecule has 15 unspecified atom stereocenters. The summed E-state index contributed by atoms with van der Waals surface area (Å²) in [5.41, 5.74) is 10.6. The van der Waals surface area contributed by atoms with E-state index in [1.807, 2.05) is 0 Å². The number of aliphatic hydroxyl groups excluding tert-OH is 5. The lowest BCUT2D eigenvalue weighted by molar-refractivity contribution is -0.333. The molecule has 2 aliphatic rings. The van der Waals surface area contributed by atoms with Crippen molar-refractivity contribution in [1.82, 2.24) is 58.5 Å². The Morgan fingerprint density at radius 2 is 1.09 bits per heavy atom. The van der Waals surface area contributed by atoms with E-state index in [1.165, 1.54) is 20.8 Å². The SMILES string of the molecule is CC(=O)NC1C(OC2C(CO)OC(O)C(NC(C)=O)C2OC(C)C(=O)NC(C)C(=O)NC(CCC(=O)NC(CCCCNC(=O)CNC(=O)CNC(=O)CNC(=O)CNC(=O)CN)C(=O)NC(C)C(=O)O)C(N)=O)OC(CO)C(O)C1O. The Labute approximate surface area is 468 Å². The first-order valence-electron chi connectivity index (χ1n) is 25.7. The maximum absolute atomic E-state index is 13.6. The van der Waals surface area contributed by atoms with Crippen LogP contribution in [0, 0.1) is 0 Å². The number of hydrogen-bond acceptors (Lipinski definition) is 23. The number of ether oxygens (including phenoxy) is 4. The summed E-state index contributed by atoms with van der Waals surface area (Å²) in [7, 11) is 0. The van der Waals surface area contributed by atoms with Crippen LogP contribution >= 0.6 is 0 Å². The number of amides is 12. The average Bonchev–Trinajstić information content (AvgIpc) is 3.59. The molecule has 0 radical (unpaired) electrons. The van der Waals surface area contributed by atoms with Gasteiger partial charge >= 0.3 is 5.97 Å². The Kier molecular flexibility index (Phi) is 30.7. The fourth-order valence-electron chi connectivity index (χ4n) is 7.72. The molecule has 36 heteroatoms. The van der Waals surface area contributed by atoms with E-state index in [0.29, 0.717) is 0 Å². The predicted octanol–water partition coefficient (Wildman–Crippen LogP) is -11.7. The zero-order chi connectivity index (χ0) is 62.0. The highest BCUT2D eigenvalue weighted by atomic mass is 16.7. The highest BCUT2D eigenvalue weighted by molar-refractivity contribution is 5.94. The average molecular weight is 1180 g/mol. The predicted molar refractivity (Wildman–Crippen MR) is 273 cm³/mol. The van der Waals surface area contributed by atoms with Gasteiger partial charge in [-0.05, 0) is 46.5 Å². The highest BCUT2D eigenvalue weighted by Gasteiger charge is 2.53. The quantitative estimate of drug-likeness (QED) is 0.0266. The number of carbonyl (C=O) groups excluding carboxylic acids is 12. The van der Waals surface area contributed by atoms with Gasteiger partial charge in [-0.3, -0.25) is 62.3 Å². The summed E-state index contributed by atoms with van der Waals surface area (Å²) in [5.74, 6) is -11.2. The summed E-state index contributed by atoms with van der Waals surface area (Å²) in [5, 5.41) is 87.2. The van der Waals surface area contributed by atoms with Gasteiger partial charge in [-0.25, -0.2) is 0 Å². The van der Waals surface area contributed by atoms with Crippen LogP contribution in [0.5, 0.6) is 0 Å².